The molecule has 0 aromatic heterocycles. The number of carbonyl (C=O) groups excluding carboxylic acids is 1. The topological polar surface area (TPSA) is 69.7 Å². The monoisotopic (exact) mass is 206 g/mol. The number of hydrogen-bond donors (Lipinski definition) is 0. The van der Waals surface area contributed by atoms with Crippen LogP contribution in [0.25, 0.3) is 0 Å². The summed E-state index contributed by atoms with van der Waals surface area (Å²) < 4.78 is 30.4. The van der Waals surface area contributed by atoms with E-state index in [1.54, 1.807) is 0 Å². The second-order valence-electron chi connectivity index (χ2n) is 2.07. The fourth-order valence-corrected chi connectivity index (χ4v) is 1.12. The molecule has 0 bridgehead atoms. The van der Waals surface area contributed by atoms with Crippen LogP contribution in [0.1, 0.15) is 6.92 Å². The summed E-state index contributed by atoms with van der Waals surface area (Å²) in [6.07, 6.45) is 4.79. The average Bonchev–Trinajstić information content (AvgIpc) is 2.00. The third-order valence-corrected chi connectivity index (χ3v) is 2.10. The Morgan fingerprint density at radius 1 is 1.54 bits per heavy atom. The number of esters is 1. The van der Waals surface area contributed by atoms with Gasteiger partial charge in [-0.1, -0.05) is 5.92 Å². The van der Waals surface area contributed by atoms with Gasteiger partial charge in [0, 0.05) is 6.92 Å². The predicted octanol–water partition coefficient (Wildman–Crippen LogP) is -0.471. The fraction of sp³-hybridized carbons (Fsp3) is 0.571. The van der Waals surface area contributed by atoms with Crippen molar-refractivity contribution in [1.82, 2.24) is 0 Å². The highest BCUT2D eigenvalue weighted by molar-refractivity contribution is 7.86. The Morgan fingerprint density at radius 2 is 2.15 bits per heavy atom. The predicted molar refractivity (Wildman–Crippen MR) is 45.2 cm³/mol. The highest BCUT2D eigenvalue weighted by Crippen LogP contribution is 1.92. The number of ether oxygens (including phenoxy) is 1. The van der Waals surface area contributed by atoms with Crippen LogP contribution in [0, 0.1) is 12.3 Å². The lowest BCUT2D eigenvalue weighted by atomic mass is 10.8. The summed E-state index contributed by atoms with van der Waals surface area (Å²) in [7, 11) is -3.66. The lowest BCUT2D eigenvalue weighted by Gasteiger charge is -2.02. The Balaban J connectivity index is 3.78. The minimum Gasteiger partial charge on any atom is -0.465 e. The molecule has 0 aliphatic carbocycles. The molecule has 0 aliphatic heterocycles. The summed E-state index contributed by atoms with van der Waals surface area (Å²) in [5.41, 5.74) is 0. The van der Waals surface area contributed by atoms with Crippen molar-refractivity contribution in [3.63, 3.8) is 0 Å². The molecule has 0 atom stereocenters. The molecule has 0 rings (SSSR count). The van der Waals surface area contributed by atoms with E-state index < -0.39 is 16.1 Å². The van der Waals surface area contributed by atoms with E-state index in [0.717, 1.165) is 0 Å². The van der Waals surface area contributed by atoms with Gasteiger partial charge in [0.15, 0.2) is 0 Å². The zero-order chi connectivity index (χ0) is 10.3. The molecule has 0 saturated carbocycles. The quantitative estimate of drug-likeness (QED) is 0.345. The molecule has 0 aromatic rings. The number of carbonyl (C=O) groups is 1. The van der Waals surface area contributed by atoms with Crippen molar-refractivity contribution in [2.24, 2.45) is 0 Å². The van der Waals surface area contributed by atoms with Crippen LogP contribution < -0.4 is 0 Å². The molecule has 0 aromatic carbocycles. The third-order valence-electron chi connectivity index (χ3n) is 0.960. The molecule has 0 amide bonds. The summed E-state index contributed by atoms with van der Waals surface area (Å²) in [6.45, 7) is 0.666. The maximum Gasteiger partial charge on any atom is 0.302 e. The number of terminal acetylenes is 1. The fourth-order valence-electron chi connectivity index (χ4n) is 0.470. The van der Waals surface area contributed by atoms with Crippen LogP contribution in [-0.4, -0.2) is 33.4 Å². The van der Waals surface area contributed by atoms with E-state index in [9.17, 15) is 13.2 Å². The van der Waals surface area contributed by atoms with E-state index in [1.165, 1.54) is 6.92 Å². The van der Waals surface area contributed by atoms with Crippen LogP contribution in [0.5, 0.6) is 0 Å². The van der Waals surface area contributed by atoms with Gasteiger partial charge in [-0.2, -0.15) is 8.42 Å². The summed E-state index contributed by atoms with van der Waals surface area (Å²) in [6, 6.07) is 0. The van der Waals surface area contributed by atoms with E-state index in [2.05, 4.69) is 8.92 Å². The second kappa shape index (κ2) is 5.56. The molecule has 0 saturated heterocycles. The molecule has 0 unspecified atom stereocenters. The third kappa shape index (κ3) is 7.31. The van der Waals surface area contributed by atoms with Crippen LogP contribution in [0.15, 0.2) is 0 Å². The number of rotatable bonds is 5. The van der Waals surface area contributed by atoms with Crippen molar-refractivity contribution in [3.05, 3.63) is 0 Å². The van der Waals surface area contributed by atoms with Crippen molar-refractivity contribution in [1.29, 1.82) is 0 Å². The van der Waals surface area contributed by atoms with E-state index in [-0.39, 0.29) is 19.0 Å². The van der Waals surface area contributed by atoms with Crippen LogP contribution in [0.3, 0.4) is 0 Å². The van der Waals surface area contributed by atoms with Gasteiger partial charge in [0.05, 0.1) is 0 Å². The second-order valence-corrected chi connectivity index (χ2v) is 3.83. The minimum absolute atomic E-state index is 0.220. The van der Waals surface area contributed by atoms with Gasteiger partial charge in [0.25, 0.3) is 10.1 Å². The van der Waals surface area contributed by atoms with Gasteiger partial charge in [-0.25, -0.2) is 0 Å². The molecular weight excluding hydrogens is 196 g/mol. The van der Waals surface area contributed by atoms with E-state index in [0.29, 0.717) is 0 Å². The first-order chi connectivity index (χ1) is 5.98. The van der Waals surface area contributed by atoms with Gasteiger partial charge in [-0.05, 0) is 0 Å². The summed E-state index contributed by atoms with van der Waals surface area (Å²) in [5, 5.41) is 0. The smallest absolute Gasteiger partial charge is 0.302 e. The molecule has 5 nitrogen and oxygen atoms in total. The molecule has 74 valence electrons. The number of hydrogen-bond acceptors (Lipinski definition) is 5. The molecule has 0 aliphatic rings. The maximum absolute atomic E-state index is 10.9. The molecule has 0 spiro atoms. The van der Waals surface area contributed by atoms with Gasteiger partial charge in [0.2, 0.25) is 0 Å². The highest BCUT2D eigenvalue weighted by atomic mass is 32.2. The minimum atomic E-state index is -3.66. The standard InChI is InChI=1S/C7H10O5S/c1-3-4-12-13(9,10)6-5-11-7(2)8/h1H,4-6H2,2H3. The van der Waals surface area contributed by atoms with Crippen molar-refractivity contribution in [2.75, 3.05) is 19.0 Å². The average molecular weight is 206 g/mol. The van der Waals surface area contributed by atoms with Crippen LogP contribution in [-0.2, 0) is 23.8 Å². The van der Waals surface area contributed by atoms with Gasteiger partial charge in [-0.3, -0.25) is 8.98 Å². The van der Waals surface area contributed by atoms with Gasteiger partial charge < -0.3 is 4.74 Å². The Hall–Kier alpha value is -1.06. The summed E-state index contributed by atoms with van der Waals surface area (Å²) >= 11 is 0. The molecule has 13 heavy (non-hydrogen) atoms. The van der Waals surface area contributed by atoms with Crippen LogP contribution in [0.2, 0.25) is 0 Å². The Bertz CT molecular complexity index is 297. The lowest BCUT2D eigenvalue weighted by Crippen LogP contribution is -2.16. The Labute approximate surface area is 77.2 Å². The highest BCUT2D eigenvalue weighted by Gasteiger charge is 2.10. The van der Waals surface area contributed by atoms with Crippen molar-refractivity contribution in [3.8, 4) is 12.3 Å². The van der Waals surface area contributed by atoms with E-state index in [4.69, 9.17) is 6.42 Å². The lowest BCUT2D eigenvalue weighted by molar-refractivity contribution is -0.140. The molecule has 6 heteroatoms. The van der Waals surface area contributed by atoms with Crippen molar-refractivity contribution in [2.45, 2.75) is 6.92 Å². The van der Waals surface area contributed by atoms with E-state index in [1.807, 2.05) is 5.92 Å². The van der Waals surface area contributed by atoms with Gasteiger partial charge >= 0.3 is 5.97 Å². The molecule has 0 N–H and O–H groups in total. The first-order valence-electron chi connectivity index (χ1n) is 3.42. The molecule has 0 heterocycles. The largest absolute Gasteiger partial charge is 0.465 e. The molecular formula is C7H10O5S. The zero-order valence-electron chi connectivity index (χ0n) is 7.15. The van der Waals surface area contributed by atoms with Gasteiger partial charge in [0.1, 0.15) is 19.0 Å². The normalized spacial score (nSPS) is 10.5. The SMILES string of the molecule is C#CCOS(=O)(=O)CCOC(C)=O. The van der Waals surface area contributed by atoms with Gasteiger partial charge in [-0.15, -0.1) is 6.42 Å². The van der Waals surface area contributed by atoms with Crippen LogP contribution in [0.4, 0.5) is 0 Å². The van der Waals surface area contributed by atoms with Crippen LogP contribution >= 0.6 is 0 Å². The van der Waals surface area contributed by atoms with Crippen molar-refractivity contribution >= 4 is 16.1 Å². The first kappa shape index (κ1) is 11.9. The van der Waals surface area contributed by atoms with E-state index >= 15 is 0 Å². The Morgan fingerprint density at radius 3 is 2.62 bits per heavy atom. The maximum atomic E-state index is 10.9. The zero-order valence-corrected chi connectivity index (χ0v) is 7.96. The molecule has 0 fully saturated rings. The van der Waals surface area contributed by atoms with Crippen molar-refractivity contribution < 1.29 is 22.1 Å². The first-order valence-corrected chi connectivity index (χ1v) is 4.99. The summed E-state index contributed by atoms with van der Waals surface area (Å²) in [4.78, 5) is 10.3. The Kier molecular flexibility index (Phi) is 5.11. The molecule has 0 radical (unpaired) electrons. The summed E-state index contributed by atoms with van der Waals surface area (Å²) in [5.74, 6) is 1.10.